The molecule has 1 aromatic heterocycles. The molecule has 0 saturated heterocycles. The lowest BCUT2D eigenvalue weighted by molar-refractivity contribution is -0.123. The number of benzene rings is 1. The summed E-state index contributed by atoms with van der Waals surface area (Å²) in [6.07, 6.45) is 9.11. The van der Waals surface area contributed by atoms with Gasteiger partial charge < -0.3 is 4.90 Å². The molecule has 1 saturated carbocycles. The summed E-state index contributed by atoms with van der Waals surface area (Å²) in [7, 11) is 0. The first-order valence-corrected chi connectivity index (χ1v) is 9.83. The van der Waals surface area contributed by atoms with E-state index in [4.69, 9.17) is 5.26 Å². The van der Waals surface area contributed by atoms with Gasteiger partial charge in [-0.25, -0.2) is 0 Å². The van der Waals surface area contributed by atoms with Crippen LogP contribution < -0.4 is 4.90 Å². The van der Waals surface area contributed by atoms with Crippen LogP contribution in [0.3, 0.4) is 0 Å². The van der Waals surface area contributed by atoms with E-state index in [9.17, 15) is 4.79 Å². The van der Waals surface area contributed by atoms with E-state index in [-0.39, 0.29) is 11.8 Å². The summed E-state index contributed by atoms with van der Waals surface area (Å²) in [6, 6.07) is 14.0. The fourth-order valence-electron chi connectivity index (χ4n) is 3.92. The van der Waals surface area contributed by atoms with E-state index in [1.54, 1.807) is 12.4 Å². The number of nitriles is 1. The van der Waals surface area contributed by atoms with E-state index < -0.39 is 0 Å². The zero-order chi connectivity index (χ0) is 19.1. The summed E-state index contributed by atoms with van der Waals surface area (Å²) in [5.74, 6) is 0.973. The molecule has 4 heteroatoms. The summed E-state index contributed by atoms with van der Waals surface area (Å²) in [4.78, 5) is 19.3. The number of rotatable bonds is 6. The standard InChI is InChI=1S/C23H27N3O/c1-18-3-2-4-21(17-18)23(27)26(16-12-20-10-14-25-15-11-20)22-7-5-19(6-8-22)9-13-24/h5-8,10-11,14-15,18,21H,2-4,9,12,16-17H2,1H3. The van der Waals surface area contributed by atoms with E-state index in [0.717, 1.165) is 36.9 Å². The van der Waals surface area contributed by atoms with Gasteiger partial charge in [-0.15, -0.1) is 0 Å². The smallest absolute Gasteiger partial charge is 0.230 e. The second-order valence-corrected chi connectivity index (χ2v) is 7.57. The molecule has 1 heterocycles. The Labute approximate surface area is 161 Å². The fraction of sp³-hybridized carbons (Fsp3) is 0.435. The number of anilines is 1. The SMILES string of the molecule is CC1CCCC(C(=O)N(CCc2ccncc2)c2ccc(CC#N)cc2)C1. The molecule has 2 unspecified atom stereocenters. The Hall–Kier alpha value is -2.67. The van der Waals surface area contributed by atoms with Crippen molar-refractivity contribution in [2.75, 3.05) is 11.4 Å². The molecule has 140 valence electrons. The zero-order valence-electron chi connectivity index (χ0n) is 16.0. The maximum atomic E-state index is 13.3. The Balaban J connectivity index is 1.79. The van der Waals surface area contributed by atoms with Gasteiger partial charge in [0.15, 0.2) is 0 Å². The average Bonchev–Trinajstić information content (AvgIpc) is 2.70. The Kier molecular flexibility index (Phi) is 6.59. The highest BCUT2D eigenvalue weighted by molar-refractivity contribution is 5.95. The van der Waals surface area contributed by atoms with Crippen LogP contribution in [0.5, 0.6) is 0 Å². The molecule has 2 atom stereocenters. The minimum atomic E-state index is 0.116. The zero-order valence-corrected chi connectivity index (χ0v) is 16.0. The van der Waals surface area contributed by atoms with Gasteiger partial charge in [0.25, 0.3) is 0 Å². The Morgan fingerprint density at radius 1 is 1.15 bits per heavy atom. The number of aromatic nitrogens is 1. The molecule has 2 aromatic rings. The maximum absolute atomic E-state index is 13.3. The third kappa shape index (κ3) is 5.17. The summed E-state index contributed by atoms with van der Waals surface area (Å²) in [6.45, 7) is 2.91. The number of nitrogens with zero attached hydrogens (tertiary/aromatic N) is 3. The van der Waals surface area contributed by atoms with Gasteiger partial charge in [0.05, 0.1) is 12.5 Å². The monoisotopic (exact) mass is 361 g/mol. The van der Waals surface area contributed by atoms with Gasteiger partial charge in [-0.05, 0) is 60.6 Å². The molecule has 0 spiro atoms. The van der Waals surface area contributed by atoms with Gasteiger partial charge in [0, 0.05) is 30.5 Å². The number of pyridine rings is 1. The first-order valence-electron chi connectivity index (χ1n) is 9.83. The van der Waals surface area contributed by atoms with Crippen LogP contribution in [0.15, 0.2) is 48.8 Å². The first kappa shape index (κ1) is 19.1. The molecule has 0 N–H and O–H groups in total. The van der Waals surface area contributed by atoms with Crippen molar-refractivity contribution in [3.63, 3.8) is 0 Å². The van der Waals surface area contributed by atoms with Crippen LogP contribution in [0, 0.1) is 23.2 Å². The molecular weight excluding hydrogens is 334 g/mol. The number of carbonyl (C=O) groups excluding carboxylic acids is 1. The number of hydrogen-bond acceptors (Lipinski definition) is 3. The summed E-state index contributed by atoms with van der Waals surface area (Å²) < 4.78 is 0. The Bertz CT molecular complexity index is 780. The second kappa shape index (κ2) is 9.32. The highest BCUT2D eigenvalue weighted by Crippen LogP contribution is 2.31. The van der Waals surface area contributed by atoms with Crippen molar-refractivity contribution in [3.8, 4) is 6.07 Å². The first-order chi connectivity index (χ1) is 13.2. The van der Waals surface area contributed by atoms with Crippen LogP contribution >= 0.6 is 0 Å². The molecule has 0 aliphatic heterocycles. The second-order valence-electron chi connectivity index (χ2n) is 7.57. The van der Waals surface area contributed by atoms with Crippen molar-refractivity contribution in [2.24, 2.45) is 11.8 Å². The van der Waals surface area contributed by atoms with Crippen molar-refractivity contribution in [1.29, 1.82) is 5.26 Å². The molecule has 27 heavy (non-hydrogen) atoms. The quantitative estimate of drug-likeness (QED) is 0.758. The van der Waals surface area contributed by atoms with Crippen LogP contribution in [0.2, 0.25) is 0 Å². The lowest BCUT2D eigenvalue weighted by Crippen LogP contribution is -2.39. The van der Waals surface area contributed by atoms with Crippen LogP contribution in [0.1, 0.15) is 43.7 Å². The van der Waals surface area contributed by atoms with E-state index in [0.29, 0.717) is 18.9 Å². The van der Waals surface area contributed by atoms with Gasteiger partial charge in [-0.2, -0.15) is 5.26 Å². The number of amides is 1. The van der Waals surface area contributed by atoms with Gasteiger partial charge in [-0.1, -0.05) is 31.9 Å². The molecule has 1 fully saturated rings. The fourth-order valence-corrected chi connectivity index (χ4v) is 3.92. The van der Waals surface area contributed by atoms with Gasteiger partial charge in [-0.3, -0.25) is 9.78 Å². The van der Waals surface area contributed by atoms with Crippen LogP contribution in [-0.2, 0) is 17.6 Å². The number of carbonyl (C=O) groups is 1. The summed E-state index contributed by atoms with van der Waals surface area (Å²) in [5, 5.41) is 8.87. The highest BCUT2D eigenvalue weighted by Gasteiger charge is 2.29. The van der Waals surface area contributed by atoms with E-state index in [2.05, 4.69) is 18.0 Å². The summed E-state index contributed by atoms with van der Waals surface area (Å²) in [5.41, 5.74) is 3.09. The van der Waals surface area contributed by atoms with Crippen molar-refractivity contribution < 1.29 is 4.79 Å². The molecular formula is C23H27N3O. The van der Waals surface area contributed by atoms with Crippen LogP contribution in [-0.4, -0.2) is 17.4 Å². The Morgan fingerprint density at radius 2 is 1.89 bits per heavy atom. The van der Waals surface area contributed by atoms with Crippen molar-refractivity contribution in [2.45, 2.75) is 45.4 Å². The van der Waals surface area contributed by atoms with Crippen molar-refractivity contribution >= 4 is 11.6 Å². The van der Waals surface area contributed by atoms with Crippen molar-refractivity contribution in [3.05, 3.63) is 59.9 Å². The van der Waals surface area contributed by atoms with Crippen LogP contribution in [0.25, 0.3) is 0 Å². The average molecular weight is 361 g/mol. The van der Waals surface area contributed by atoms with E-state index in [1.165, 1.54) is 12.0 Å². The minimum Gasteiger partial charge on any atom is -0.312 e. The predicted molar refractivity (Wildman–Crippen MR) is 107 cm³/mol. The molecule has 1 aliphatic rings. The molecule has 0 radical (unpaired) electrons. The normalized spacial score (nSPS) is 19.3. The van der Waals surface area contributed by atoms with E-state index >= 15 is 0 Å². The maximum Gasteiger partial charge on any atom is 0.230 e. The third-order valence-corrected chi connectivity index (χ3v) is 5.46. The number of hydrogen-bond donors (Lipinski definition) is 0. The molecule has 4 nitrogen and oxygen atoms in total. The molecule has 1 aliphatic carbocycles. The Morgan fingerprint density at radius 3 is 2.56 bits per heavy atom. The third-order valence-electron chi connectivity index (χ3n) is 5.46. The minimum absolute atomic E-state index is 0.116. The summed E-state index contributed by atoms with van der Waals surface area (Å²) >= 11 is 0. The van der Waals surface area contributed by atoms with Gasteiger partial charge in [0.2, 0.25) is 5.91 Å². The lowest BCUT2D eigenvalue weighted by atomic mass is 9.81. The van der Waals surface area contributed by atoms with Gasteiger partial charge >= 0.3 is 0 Å². The molecule has 1 amide bonds. The predicted octanol–water partition coefficient (Wildman–Crippen LogP) is 4.55. The lowest BCUT2D eigenvalue weighted by Gasteiger charge is -2.32. The molecule has 0 bridgehead atoms. The highest BCUT2D eigenvalue weighted by atomic mass is 16.2. The molecule has 1 aromatic carbocycles. The van der Waals surface area contributed by atoms with Crippen LogP contribution in [0.4, 0.5) is 5.69 Å². The topological polar surface area (TPSA) is 57.0 Å². The van der Waals surface area contributed by atoms with Crippen molar-refractivity contribution in [1.82, 2.24) is 4.98 Å². The molecule has 3 rings (SSSR count). The van der Waals surface area contributed by atoms with E-state index in [1.807, 2.05) is 41.3 Å². The largest absolute Gasteiger partial charge is 0.312 e. The van der Waals surface area contributed by atoms with Gasteiger partial charge in [0.1, 0.15) is 0 Å².